The van der Waals surface area contributed by atoms with Gasteiger partial charge < -0.3 is 5.11 Å². The van der Waals surface area contributed by atoms with Crippen molar-refractivity contribution in [2.24, 2.45) is 0 Å². The predicted octanol–water partition coefficient (Wildman–Crippen LogP) is 2.29. The zero-order valence-corrected chi connectivity index (χ0v) is 10.7. The summed E-state index contributed by atoms with van der Waals surface area (Å²) in [6.07, 6.45) is 1.55. The van der Waals surface area contributed by atoms with Gasteiger partial charge in [-0.3, -0.25) is 0 Å². The van der Waals surface area contributed by atoms with Gasteiger partial charge in [0.05, 0.1) is 11.3 Å². The lowest BCUT2D eigenvalue weighted by Crippen LogP contribution is -2.02. The molecule has 1 aromatic carbocycles. The van der Waals surface area contributed by atoms with Crippen LogP contribution in [-0.2, 0) is 12.3 Å². The van der Waals surface area contributed by atoms with Crippen molar-refractivity contribution in [2.45, 2.75) is 24.1 Å². The number of hydrogen-bond donors (Lipinski definition) is 1. The SMILES string of the molecule is CCn1ncnc1CSc1ccc(C(=O)O)cc1. The van der Waals surface area contributed by atoms with Crippen LogP contribution in [0.15, 0.2) is 35.5 Å². The number of thioether (sulfide) groups is 1. The molecule has 0 fully saturated rings. The summed E-state index contributed by atoms with van der Waals surface area (Å²) in [4.78, 5) is 15.9. The van der Waals surface area contributed by atoms with Gasteiger partial charge in [0.2, 0.25) is 0 Å². The minimum absolute atomic E-state index is 0.302. The molecule has 0 amide bonds. The van der Waals surface area contributed by atoms with Crippen LogP contribution in [0.1, 0.15) is 23.1 Å². The van der Waals surface area contributed by atoms with Crippen LogP contribution in [0.3, 0.4) is 0 Å². The van der Waals surface area contributed by atoms with Gasteiger partial charge in [0.25, 0.3) is 0 Å². The van der Waals surface area contributed by atoms with Gasteiger partial charge in [-0.2, -0.15) is 5.10 Å². The van der Waals surface area contributed by atoms with Crippen LogP contribution >= 0.6 is 11.8 Å². The quantitative estimate of drug-likeness (QED) is 0.838. The molecule has 0 atom stereocenters. The molecule has 0 bridgehead atoms. The average molecular weight is 263 g/mol. The fraction of sp³-hybridized carbons (Fsp3) is 0.250. The zero-order chi connectivity index (χ0) is 13.0. The number of aromatic carboxylic acids is 1. The summed E-state index contributed by atoms with van der Waals surface area (Å²) in [6.45, 7) is 2.82. The fourth-order valence-corrected chi connectivity index (χ4v) is 2.35. The van der Waals surface area contributed by atoms with E-state index in [9.17, 15) is 4.79 Å². The zero-order valence-electron chi connectivity index (χ0n) is 9.91. The number of hydrogen-bond acceptors (Lipinski definition) is 4. The van der Waals surface area contributed by atoms with Gasteiger partial charge in [-0.25, -0.2) is 14.5 Å². The van der Waals surface area contributed by atoms with Crippen LogP contribution in [0.25, 0.3) is 0 Å². The van der Waals surface area contributed by atoms with Crippen molar-refractivity contribution in [3.63, 3.8) is 0 Å². The summed E-state index contributed by atoms with van der Waals surface area (Å²) >= 11 is 1.61. The number of aromatic nitrogens is 3. The number of nitrogens with zero attached hydrogens (tertiary/aromatic N) is 3. The smallest absolute Gasteiger partial charge is 0.335 e. The Hall–Kier alpha value is -1.82. The standard InChI is InChI=1S/C12H13N3O2S/c1-2-15-11(13-8-14-15)7-18-10-5-3-9(4-6-10)12(16)17/h3-6,8H,2,7H2,1H3,(H,16,17). The van der Waals surface area contributed by atoms with Crippen molar-refractivity contribution in [3.05, 3.63) is 42.0 Å². The van der Waals surface area contributed by atoms with Crippen molar-refractivity contribution < 1.29 is 9.90 Å². The summed E-state index contributed by atoms with van der Waals surface area (Å²) in [7, 11) is 0. The third-order valence-corrected chi connectivity index (χ3v) is 3.47. The normalized spacial score (nSPS) is 10.5. The average Bonchev–Trinajstić information content (AvgIpc) is 2.84. The lowest BCUT2D eigenvalue weighted by molar-refractivity contribution is 0.0697. The van der Waals surface area contributed by atoms with E-state index >= 15 is 0 Å². The third kappa shape index (κ3) is 2.89. The maximum atomic E-state index is 10.7. The molecule has 0 saturated heterocycles. The van der Waals surface area contributed by atoms with E-state index in [0.717, 1.165) is 23.0 Å². The monoisotopic (exact) mass is 263 g/mol. The molecule has 6 heteroatoms. The van der Waals surface area contributed by atoms with Crippen molar-refractivity contribution >= 4 is 17.7 Å². The molecule has 0 unspecified atom stereocenters. The molecule has 1 heterocycles. The molecule has 2 aromatic rings. The van der Waals surface area contributed by atoms with Crippen LogP contribution in [0.4, 0.5) is 0 Å². The Kier molecular flexibility index (Phi) is 3.99. The van der Waals surface area contributed by atoms with Crippen molar-refractivity contribution in [1.29, 1.82) is 0 Å². The second-order valence-electron chi connectivity index (χ2n) is 3.61. The van der Waals surface area contributed by atoms with E-state index in [-0.39, 0.29) is 0 Å². The molecule has 0 aliphatic carbocycles. The maximum absolute atomic E-state index is 10.7. The van der Waals surface area contributed by atoms with Crippen LogP contribution in [0, 0.1) is 0 Å². The van der Waals surface area contributed by atoms with E-state index in [1.54, 1.807) is 42.4 Å². The van der Waals surface area contributed by atoms with E-state index in [1.165, 1.54) is 0 Å². The van der Waals surface area contributed by atoms with Crippen LogP contribution in [0.5, 0.6) is 0 Å². The Morgan fingerprint density at radius 1 is 1.39 bits per heavy atom. The van der Waals surface area contributed by atoms with Gasteiger partial charge in [-0.15, -0.1) is 11.8 Å². The summed E-state index contributed by atoms with van der Waals surface area (Å²) in [5, 5.41) is 12.9. The van der Waals surface area contributed by atoms with E-state index in [0.29, 0.717) is 5.56 Å². The first-order valence-electron chi connectivity index (χ1n) is 5.53. The Bertz CT molecular complexity index is 537. The third-order valence-electron chi connectivity index (χ3n) is 2.46. The Morgan fingerprint density at radius 3 is 2.72 bits per heavy atom. The lowest BCUT2D eigenvalue weighted by atomic mass is 10.2. The number of carbonyl (C=O) groups is 1. The largest absolute Gasteiger partial charge is 0.478 e. The second kappa shape index (κ2) is 5.68. The fourth-order valence-electron chi connectivity index (χ4n) is 1.51. The lowest BCUT2D eigenvalue weighted by Gasteiger charge is -2.03. The highest BCUT2D eigenvalue weighted by atomic mass is 32.2. The Balaban J connectivity index is 2.00. The molecule has 18 heavy (non-hydrogen) atoms. The first-order chi connectivity index (χ1) is 8.70. The summed E-state index contributed by atoms with van der Waals surface area (Å²) in [6, 6.07) is 6.83. The van der Waals surface area contributed by atoms with E-state index in [2.05, 4.69) is 10.1 Å². The van der Waals surface area contributed by atoms with Crippen molar-refractivity contribution in [1.82, 2.24) is 14.8 Å². The van der Waals surface area contributed by atoms with E-state index in [4.69, 9.17) is 5.11 Å². The number of carboxylic acids is 1. The first-order valence-corrected chi connectivity index (χ1v) is 6.52. The van der Waals surface area contributed by atoms with Crippen LogP contribution in [0.2, 0.25) is 0 Å². The minimum atomic E-state index is -0.905. The molecule has 94 valence electrons. The van der Waals surface area contributed by atoms with E-state index in [1.807, 2.05) is 11.6 Å². The summed E-state index contributed by atoms with van der Waals surface area (Å²) in [5.41, 5.74) is 0.302. The van der Waals surface area contributed by atoms with Crippen molar-refractivity contribution in [2.75, 3.05) is 0 Å². The number of benzene rings is 1. The molecular formula is C12H13N3O2S. The molecule has 0 spiro atoms. The number of carboxylic acid groups (broad SMARTS) is 1. The van der Waals surface area contributed by atoms with Gasteiger partial charge in [-0.05, 0) is 31.2 Å². The van der Waals surface area contributed by atoms with Crippen LogP contribution in [-0.4, -0.2) is 25.8 Å². The molecule has 0 aliphatic heterocycles. The molecule has 0 radical (unpaired) electrons. The van der Waals surface area contributed by atoms with Crippen LogP contribution < -0.4 is 0 Å². The second-order valence-corrected chi connectivity index (χ2v) is 4.66. The highest BCUT2D eigenvalue weighted by Gasteiger charge is 2.05. The minimum Gasteiger partial charge on any atom is -0.478 e. The number of rotatable bonds is 5. The predicted molar refractivity (Wildman–Crippen MR) is 68.7 cm³/mol. The summed E-state index contributed by atoms with van der Waals surface area (Å²) < 4.78 is 1.85. The molecule has 1 N–H and O–H groups in total. The Labute approximate surface area is 109 Å². The van der Waals surface area contributed by atoms with Crippen molar-refractivity contribution in [3.8, 4) is 0 Å². The molecule has 2 rings (SSSR count). The number of aryl methyl sites for hydroxylation is 1. The van der Waals surface area contributed by atoms with Gasteiger partial charge in [0, 0.05) is 11.4 Å². The molecule has 0 saturated carbocycles. The molecule has 1 aromatic heterocycles. The summed E-state index contributed by atoms with van der Waals surface area (Å²) in [5.74, 6) is 0.738. The maximum Gasteiger partial charge on any atom is 0.335 e. The van der Waals surface area contributed by atoms with Gasteiger partial charge in [0.15, 0.2) is 0 Å². The highest BCUT2D eigenvalue weighted by molar-refractivity contribution is 7.98. The van der Waals surface area contributed by atoms with E-state index < -0.39 is 5.97 Å². The highest BCUT2D eigenvalue weighted by Crippen LogP contribution is 2.22. The molecule has 5 nitrogen and oxygen atoms in total. The van der Waals surface area contributed by atoms with Gasteiger partial charge in [-0.1, -0.05) is 0 Å². The van der Waals surface area contributed by atoms with Gasteiger partial charge in [0.1, 0.15) is 12.2 Å². The first kappa shape index (κ1) is 12.6. The Morgan fingerprint density at radius 2 is 2.11 bits per heavy atom. The molecular weight excluding hydrogens is 250 g/mol. The molecule has 0 aliphatic rings. The van der Waals surface area contributed by atoms with Gasteiger partial charge >= 0.3 is 5.97 Å². The topological polar surface area (TPSA) is 68.0 Å².